The summed E-state index contributed by atoms with van der Waals surface area (Å²) in [6.07, 6.45) is 1.79. The first-order chi connectivity index (χ1) is 12.5. The van der Waals surface area contributed by atoms with Gasteiger partial charge in [0, 0.05) is 44.0 Å². The highest BCUT2D eigenvalue weighted by Gasteiger charge is 2.23. The van der Waals surface area contributed by atoms with E-state index in [0.29, 0.717) is 22.3 Å². The van der Waals surface area contributed by atoms with Crippen LogP contribution in [-0.2, 0) is 16.1 Å². The average Bonchev–Trinajstić information content (AvgIpc) is 3.02. The molecule has 8 nitrogen and oxygen atoms in total. The Bertz CT molecular complexity index is 802. The van der Waals surface area contributed by atoms with Crippen LogP contribution in [-0.4, -0.2) is 58.7 Å². The summed E-state index contributed by atoms with van der Waals surface area (Å²) in [5, 5.41) is 27.9. The lowest BCUT2D eigenvalue weighted by molar-refractivity contribution is -0.144. The summed E-state index contributed by atoms with van der Waals surface area (Å²) in [6, 6.07) is 2.89. The van der Waals surface area contributed by atoms with E-state index in [1.165, 1.54) is 10.7 Å². The molecule has 1 fully saturated rings. The highest BCUT2D eigenvalue weighted by atomic mass is 79.9. The molecule has 0 bridgehead atoms. The smallest absolute Gasteiger partial charge is 0.327 e. The number of nitrogens with one attached hydrogen (secondary N) is 1. The van der Waals surface area contributed by atoms with Crippen LogP contribution >= 0.6 is 15.9 Å². The topological polar surface area (TPSA) is 99.9 Å². The molecule has 0 spiro atoms. The molecular formula is C17H21BrN4O4. The molecule has 0 unspecified atom stereocenters. The van der Waals surface area contributed by atoms with E-state index in [1.807, 2.05) is 0 Å². The van der Waals surface area contributed by atoms with Crippen molar-refractivity contribution in [3.63, 3.8) is 0 Å². The zero-order chi connectivity index (χ0) is 18.7. The number of halogens is 1. The molecule has 0 radical (unpaired) electrons. The van der Waals surface area contributed by atoms with Crippen molar-refractivity contribution >= 4 is 27.6 Å². The normalized spacial score (nSPS) is 14.5. The van der Waals surface area contributed by atoms with E-state index in [-0.39, 0.29) is 24.0 Å². The Kier molecular flexibility index (Phi) is 5.67. The van der Waals surface area contributed by atoms with Gasteiger partial charge in [-0.1, -0.05) is 0 Å². The summed E-state index contributed by atoms with van der Waals surface area (Å²) >= 11 is 3.27. The lowest BCUT2D eigenvalue weighted by Crippen LogP contribution is -2.43. The maximum Gasteiger partial charge on any atom is 0.327 e. The molecule has 2 heterocycles. The summed E-state index contributed by atoms with van der Waals surface area (Å²) in [7, 11) is 0. The van der Waals surface area contributed by atoms with E-state index >= 15 is 0 Å². The third-order valence-electron chi connectivity index (χ3n) is 4.12. The number of phenols is 2. The number of rotatable bonds is 5. The van der Waals surface area contributed by atoms with E-state index in [9.17, 15) is 15.0 Å². The summed E-state index contributed by atoms with van der Waals surface area (Å²) in [5.74, 6) is -0.506. The van der Waals surface area contributed by atoms with Crippen molar-refractivity contribution in [2.75, 3.05) is 37.7 Å². The lowest BCUT2D eigenvalue weighted by Gasteiger charge is -2.29. The lowest BCUT2D eigenvalue weighted by atomic mass is 10.1. The average molecular weight is 425 g/mol. The molecule has 0 atom stereocenters. The minimum Gasteiger partial charge on any atom is -0.507 e. The van der Waals surface area contributed by atoms with Crippen molar-refractivity contribution in [3.05, 3.63) is 22.8 Å². The molecule has 1 aliphatic heterocycles. The van der Waals surface area contributed by atoms with Gasteiger partial charge in [-0.15, -0.1) is 0 Å². The number of aromatic hydroxyl groups is 2. The number of benzene rings is 1. The number of carbonyl (C=O) groups is 1. The fraction of sp³-hybridized carbons (Fsp3) is 0.412. The van der Waals surface area contributed by atoms with Gasteiger partial charge in [0.05, 0.1) is 16.8 Å². The summed E-state index contributed by atoms with van der Waals surface area (Å²) in [6.45, 7) is 5.32. The molecule has 1 aromatic carbocycles. The number of aromatic nitrogens is 2. The van der Waals surface area contributed by atoms with Gasteiger partial charge in [-0.25, -0.2) is 0 Å². The number of hydrogen-bond acceptors (Lipinski definition) is 7. The van der Waals surface area contributed by atoms with Crippen molar-refractivity contribution in [2.24, 2.45) is 0 Å². The SMILES string of the molecule is CCOC(=O)Cn1cc(N2CCNCC2)c(-c2cc(Br)c(O)cc2O)n1. The van der Waals surface area contributed by atoms with Crippen molar-refractivity contribution < 1.29 is 19.7 Å². The molecule has 3 N–H and O–H groups in total. The van der Waals surface area contributed by atoms with Gasteiger partial charge >= 0.3 is 5.97 Å². The second-order valence-corrected chi connectivity index (χ2v) is 6.78. The van der Waals surface area contributed by atoms with Crippen LogP contribution in [0, 0.1) is 0 Å². The van der Waals surface area contributed by atoms with Crippen molar-refractivity contribution in [2.45, 2.75) is 13.5 Å². The van der Waals surface area contributed by atoms with Crippen LogP contribution in [0.3, 0.4) is 0 Å². The molecule has 0 aliphatic carbocycles. The number of esters is 1. The van der Waals surface area contributed by atoms with E-state index in [2.05, 4.69) is 31.2 Å². The van der Waals surface area contributed by atoms with E-state index in [1.54, 1.807) is 19.2 Å². The molecule has 3 rings (SSSR count). The number of carbonyl (C=O) groups excluding carboxylic acids is 1. The van der Waals surface area contributed by atoms with Crippen LogP contribution < -0.4 is 10.2 Å². The van der Waals surface area contributed by atoms with Crippen LogP contribution in [0.15, 0.2) is 22.8 Å². The largest absolute Gasteiger partial charge is 0.507 e. The standard InChI is InChI=1S/C17H21BrN4O4/c1-2-26-16(25)10-22-9-13(21-5-3-19-4-6-21)17(20-22)11-7-12(18)15(24)8-14(11)23/h7-9,19,23-24H,2-6,10H2,1H3. The number of phenolic OH excluding ortho intramolecular Hbond substituents is 2. The van der Waals surface area contributed by atoms with Crippen molar-refractivity contribution in [3.8, 4) is 22.8 Å². The molecule has 26 heavy (non-hydrogen) atoms. The third-order valence-corrected chi connectivity index (χ3v) is 4.75. The molecule has 140 valence electrons. The first kappa shape index (κ1) is 18.5. The second-order valence-electron chi connectivity index (χ2n) is 5.92. The van der Waals surface area contributed by atoms with Gasteiger partial charge < -0.3 is 25.2 Å². The highest BCUT2D eigenvalue weighted by Crippen LogP contribution is 2.40. The fourth-order valence-corrected chi connectivity index (χ4v) is 3.24. The van der Waals surface area contributed by atoms with Gasteiger partial charge in [-0.2, -0.15) is 5.10 Å². The molecule has 1 saturated heterocycles. The number of ether oxygens (including phenoxy) is 1. The fourth-order valence-electron chi connectivity index (χ4n) is 2.90. The number of nitrogens with zero attached hydrogens (tertiary/aromatic N) is 3. The first-order valence-electron chi connectivity index (χ1n) is 8.40. The second kappa shape index (κ2) is 7.96. The highest BCUT2D eigenvalue weighted by molar-refractivity contribution is 9.10. The summed E-state index contributed by atoms with van der Waals surface area (Å²) in [4.78, 5) is 14.0. The van der Waals surface area contributed by atoms with E-state index in [4.69, 9.17) is 4.74 Å². The Morgan fingerprint density at radius 2 is 2.04 bits per heavy atom. The number of anilines is 1. The first-order valence-corrected chi connectivity index (χ1v) is 9.19. The summed E-state index contributed by atoms with van der Waals surface area (Å²) in [5.41, 5.74) is 1.85. The van der Waals surface area contributed by atoms with Crippen LogP contribution in [0.2, 0.25) is 0 Å². The van der Waals surface area contributed by atoms with Crippen LogP contribution in [0.5, 0.6) is 11.5 Å². The Morgan fingerprint density at radius 3 is 2.73 bits per heavy atom. The van der Waals surface area contributed by atoms with Gasteiger partial charge in [0.25, 0.3) is 0 Å². The van der Waals surface area contributed by atoms with E-state index in [0.717, 1.165) is 31.9 Å². The van der Waals surface area contributed by atoms with Crippen molar-refractivity contribution in [1.29, 1.82) is 0 Å². The maximum absolute atomic E-state index is 11.8. The summed E-state index contributed by atoms with van der Waals surface area (Å²) < 4.78 is 6.97. The van der Waals surface area contributed by atoms with Crippen molar-refractivity contribution in [1.82, 2.24) is 15.1 Å². The molecule has 9 heteroatoms. The third kappa shape index (κ3) is 3.94. The Hall–Kier alpha value is -2.26. The van der Waals surface area contributed by atoms with Crippen LogP contribution in [0.1, 0.15) is 6.92 Å². The molecule has 1 aromatic heterocycles. The van der Waals surface area contributed by atoms with Crippen LogP contribution in [0.25, 0.3) is 11.3 Å². The minimum absolute atomic E-state index is 0.00700. The minimum atomic E-state index is -0.371. The van der Waals surface area contributed by atoms with Gasteiger partial charge in [0.2, 0.25) is 0 Å². The Labute approximate surface area is 159 Å². The zero-order valence-corrected chi connectivity index (χ0v) is 16.0. The predicted octanol–water partition coefficient (Wildman–Crippen LogP) is 1.70. The van der Waals surface area contributed by atoms with Gasteiger partial charge in [-0.05, 0) is 28.9 Å². The Balaban J connectivity index is 2.02. The quantitative estimate of drug-likeness (QED) is 0.627. The zero-order valence-electron chi connectivity index (χ0n) is 14.4. The predicted molar refractivity (Wildman–Crippen MR) is 100 cm³/mol. The monoisotopic (exact) mass is 424 g/mol. The molecule has 2 aromatic rings. The van der Waals surface area contributed by atoms with Crippen LogP contribution in [0.4, 0.5) is 5.69 Å². The van der Waals surface area contributed by atoms with Gasteiger partial charge in [0.1, 0.15) is 23.7 Å². The number of hydrogen-bond donors (Lipinski definition) is 3. The maximum atomic E-state index is 11.8. The van der Waals surface area contributed by atoms with Gasteiger partial charge in [-0.3, -0.25) is 9.48 Å². The van der Waals surface area contributed by atoms with E-state index < -0.39 is 0 Å². The Morgan fingerprint density at radius 1 is 1.31 bits per heavy atom. The number of piperazine rings is 1. The molecule has 1 aliphatic rings. The molecule has 0 amide bonds. The molecular weight excluding hydrogens is 404 g/mol. The molecule has 0 saturated carbocycles. The van der Waals surface area contributed by atoms with Gasteiger partial charge in [0.15, 0.2) is 0 Å².